The smallest absolute Gasteiger partial charge is 0.191 e. The zero-order valence-electron chi connectivity index (χ0n) is 18.3. The van der Waals surface area contributed by atoms with E-state index in [0.29, 0.717) is 12.6 Å². The minimum atomic E-state index is 0. The fraction of sp³-hybridized carbons (Fsp3) is 0.458. The second-order valence-electron chi connectivity index (χ2n) is 7.83. The van der Waals surface area contributed by atoms with Gasteiger partial charge < -0.3 is 25.2 Å². The van der Waals surface area contributed by atoms with E-state index in [2.05, 4.69) is 82.0 Å². The number of hydrogen-bond acceptors (Lipinski definition) is 4. The molecule has 2 saturated heterocycles. The van der Waals surface area contributed by atoms with Gasteiger partial charge in [0.15, 0.2) is 5.96 Å². The lowest BCUT2D eigenvalue weighted by atomic mass is 10.1. The van der Waals surface area contributed by atoms with Crippen LogP contribution >= 0.6 is 24.0 Å². The van der Waals surface area contributed by atoms with E-state index in [1.165, 1.54) is 16.9 Å². The van der Waals surface area contributed by atoms with Crippen molar-refractivity contribution >= 4 is 41.3 Å². The van der Waals surface area contributed by atoms with Gasteiger partial charge in [-0.3, -0.25) is 0 Å². The number of nitrogens with one attached hydrogen (secondary N) is 2. The van der Waals surface area contributed by atoms with Crippen molar-refractivity contribution in [2.24, 2.45) is 4.99 Å². The Bertz CT molecular complexity index is 826. The van der Waals surface area contributed by atoms with E-state index in [1.807, 2.05) is 0 Å². The first-order valence-corrected chi connectivity index (χ1v) is 11.1. The van der Waals surface area contributed by atoms with Gasteiger partial charge >= 0.3 is 0 Å². The van der Waals surface area contributed by atoms with Crippen LogP contribution in [0.15, 0.2) is 59.6 Å². The molecule has 0 aliphatic carbocycles. The molecular formula is C24H34IN5O. The number of ether oxygens (including phenoxy) is 1. The number of hydrogen-bond donors (Lipinski definition) is 2. The number of anilines is 2. The minimum Gasteiger partial charge on any atom is -0.378 e. The number of benzene rings is 2. The number of rotatable bonds is 6. The largest absolute Gasteiger partial charge is 0.378 e. The normalized spacial score (nSPS) is 19.1. The summed E-state index contributed by atoms with van der Waals surface area (Å²) in [6.45, 7) is 9.17. The lowest BCUT2D eigenvalue weighted by Crippen LogP contribution is -2.44. The van der Waals surface area contributed by atoms with Gasteiger partial charge in [0.25, 0.3) is 0 Å². The Labute approximate surface area is 203 Å². The standard InChI is InChI=1S/C24H33N5O.HI/c1-2-25-24(27-21-12-13-29(19-21)22-9-4-3-5-10-22)26-18-20-8-6-7-11-23(20)28-14-16-30-17-15-28;/h3-11,21H,2,12-19H2,1H3,(H2,25,26,27);1H. The molecule has 31 heavy (non-hydrogen) atoms. The molecule has 6 nitrogen and oxygen atoms in total. The van der Waals surface area contributed by atoms with E-state index < -0.39 is 0 Å². The molecule has 7 heteroatoms. The van der Waals surface area contributed by atoms with Gasteiger partial charge in [0.1, 0.15) is 0 Å². The first-order valence-electron chi connectivity index (χ1n) is 11.1. The van der Waals surface area contributed by atoms with Crippen LogP contribution in [0, 0.1) is 0 Å². The van der Waals surface area contributed by atoms with Crippen LogP contribution < -0.4 is 20.4 Å². The summed E-state index contributed by atoms with van der Waals surface area (Å²) in [5.74, 6) is 0.897. The number of nitrogens with zero attached hydrogens (tertiary/aromatic N) is 3. The van der Waals surface area contributed by atoms with E-state index in [1.54, 1.807) is 0 Å². The van der Waals surface area contributed by atoms with Crippen molar-refractivity contribution in [2.75, 3.05) is 55.7 Å². The lowest BCUT2D eigenvalue weighted by molar-refractivity contribution is 0.122. The Morgan fingerprint density at radius 3 is 2.52 bits per heavy atom. The SMILES string of the molecule is CCNC(=NCc1ccccc1N1CCOCC1)NC1CCN(c2ccccc2)C1.I. The Hall–Kier alpha value is -2.00. The van der Waals surface area contributed by atoms with Gasteiger partial charge in [-0.25, -0.2) is 4.99 Å². The number of morpholine rings is 1. The van der Waals surface area contributed by atoms with E-state index >= 15 is 0 Å². The Morgan fingerprint density at radius 2 is 1.74 bits per heavy atom. The molecule has 2 aliphatic heterocycles. The maximum Gasteiger partial charge on any atom is 0.191 e. The van der Waals surface area contributed by atoms with Gasteiger partial charge in [0.2, 0.25) is 0 Å². The van der Waals surface area contributed by atoms with Gasteiger partial charge in [0.05, 0.1) is 19.8 Å². The average Bonchev–Trinajstić information content (AvgIpc) is 3.28. The predicted octanol–water partition coefficient (Wildman–Crippen LogP) is 3.48. The second kappa shape index (κ2) is 12.1. The van der Waals surface area contributed by atoms with Crippen molar-refractivity contribution in [3.8, 4) is 0 Å². The number of halogens is 1. The first-order chi connectivity index (χ1) is 14.8. The van der Waals surface area contributed by atoms with E-state index in [0.717, 1.165) is 58.3 Å². The highest BCUT2D eigenvalue weighted by Crippen LogP contribution is 2.23. The number of para-hydroxylation sites is 2. The van der Waals surface area contributed by atoms with Crippen LogP contribution in [-0.2, 0) is 11.3 Å². The molecule has 0 bridgehead atoms. The molecule has 2 aromatic carbocycles. The Balaban J connectivity index is 0.00000272. The lowest BCUT2D eigenvalue weighted by Gasteiger charge is -2.30. The molecule has 0 amide bonds. The van der Waals surface area contributed by atoms with Crippen LogP contribution in [0.4, 0.5) is 11.4 Å². The van der Waals surface area contributed by atoms with E-state index in [-0.39, 0.29) is 24.0 Å². The number of guanidine groups is 1. The van der Waals surface area contributed by atoms with Crippen LogP contribution in [0.3, 0.4) is 0 Å². The molecule has 1 unspecified atom stereocenters. The average molecular weight is 535 g/mol. The summed E-state index contributed by atoms with van der Waals surface area (Å²) >= 11 is 0. The molecule has 2 aromatic rings. The topological polar surface area (TPSA) is 52.1 Å². The Kier molecular flexibility index (Phi) is 9.27. The van der Waals surface area contributed by atoms with Crippen molar-refractivity contribution in [3.05, 3.63) is 60.2 Å². The Morgan fingerprint density at radius 1 is 1.00 bits per heavy atom. The van der Waals surface area contributed by atoms with Crippen molar-refractivity contribution in [2.45, 2.75) is 25.9 Å². The summed E-state index contributed by atoms with van der Waals surface area (Å²) in [4.78, 5) is 9.76. The quantitative estimate of drug-likeness (QED) is 0.337. The van der Waals surface area contributed by atoms with Crippen LogP contribution in [0.5, 0.6) is 0 Å². The highest BCUT2D eigenvalue weighted by Gasteiger charge is 2.23. The van der Waals surface area contributed by atoms with Gasteiger partial charge in [-0.1, -0.05) is 36.4 Å². The van der Waals surface area contributed by atoms with Crippen LogP contribution in [0.1, 0.15) is 18.9 Å². The molecule has 2 aliphatic rings. The molecular weight excluding hydrogens is 501 g/mol. The van der Waals surface area contributed by atoms with Gasteiger partial charge in [-0.2, -0.15) is 0 Å². The van der Waals surface area contributed by atoms with Crippen molar-refractivity contribution in [1.82, 2.24) is 10.6 Å². The zero-order valence-corrected chi connectivity index (χ0v) is 20.6. The minimum absolute atomic E-state index is 0. The van der Waals surface area contributed by atoms with E-state index in [4.69, 9.17) is 9.73 Å². The zero-order chi connectivity index (χ0) is 20.6. The molecule has 0 radical (unpaired) electrons. The molecule has 0 saturated carbocycles. The highest BCUT2D eigenvalue weighted by atomic mass is 127. The molecule has 0 spiro atoms. The fourth-order valence-electron chi connectivity index (χ4n) is 4.19. The third-order valence-electron chi connectivity index (χ3n) is 5.75. The van der Waals surface area contributed by atoms with Gasteiger partial charge in [-0.05, 0) is 37.1 Å². The van der Waals surface area contributed by atoms with Gasteiger partial charge in [-0.15, -0.1) is 24.0 Å². The summed E-state index contributed by atoms with van der Waals surface area (Å²) < 4.78 is 5.51. The summed E-state index contributed by atoms with van der Waals surface area (Å²) in [6.07, 6.45) is 1.11. The third kappa shape index (κ3) is 6.49. The van der Waals surface area contributed by atoms with Crippen molar-refractivity contribution in [3.63, 3.8) is 0 Å². The summed E-state index contributed by atoms with van der Waals surface area (Å²) in [7, 11) is 0. The highest BCUT2D eigenvalue weighted by molar-refractivity contribution is 14.0. The van der Waals surface area contributed by atoms with Crippen molar-refractivity contribution < 1.29 is 4.74 Å². The summed E-state index contributed by atoms with van der Waals surface area (Å²) in [5.41, 5.74) is 3.83. The van der Waals surface area contributed by atoms with Crippen molar-refractivity contribution in [1.29, 1.82) is 0 Å². The number of aliphatic imine (C=N–C) groups is 1. The summed E-state index contributed by atoms with van der Waals surface area (Å²) in [6, 6.07) is 19.6. The van der Waals surface area contributed by atoms with Crippen LogP contribution in [0.25, 0.3) is 0 Å². The molecule has 2 heterocycles. The fourth-order valence-corrected chi connectivity index (χ4v) is 4.19. The summed E-state index contributed by atoms with van der Waals surface area (Å²) in [5, 5.41) is 7.07. The molecule has 2 N–H and O–H groups in total. The first kappa shape index (κ1) is 23.7. The van der Waals surface area contributed by atoms with Crippen LogP contribution in [0.2, 0.25) is 0 Å². The molecule has 168 valence electrons. The second-order valence-corrected chi connectivity index (χ2v) is 7.83. The van der Waals surface area contributed by atoms with Crippen LogP contribution in [-0.4, -0.2) is 57.9 Å². The monoisotopic (exact) mass is 535 g/mol. The maximum absolute atomic E-state index is 5.51. The van der Waals surface area contributed by atoms with E-state index in [9.17, 15) is 0 Å². The molecule has 2 fully saturated rings. The van der Waals surface area contributed by atoms with Gasteiger partial charge in [0, 0.05) is 50.1 Å². The molecule has 0 aromatic heterocycles. The molecule has 4 rings (SSSR count). The predicted molar refractivity (Wildman–Crippen MR) is 140 cm³/mol. The third-order valence-corrected chi connectivity index (χ3v) is 5.75. The maximum atomic E-state index is 5.51. The molecule has 1 atom stereocenters.